The number of hydrogen-bond acceptors (Lipinski definition) is 3. The summed E-state index contributed by atoms with van der Waals surface area (Å²) in [5.74, 6) is 0.214. The molecule has 0 aliphatic heterocycles. The van der Waals surface area contributed by atoms with Crippen LogP contribution >= 0.6 is 11.6 Å². The Morgan fingerprint density at radius 1 is 1.50 bits per heavy atom. The molecule has 0 bridgehead atoms. The minimum Gasteiger partial charge on any atom is -0.493 e. The molecule has 108 valence electrons. The monoisotopic (exact) mass is 297 g/mol. The van der Waals surface area contributed by atoms with Crippen LogP contribution in [0.5, 0.6) is 5.75 Å². The van der Waals surface area contributed by atoms with Gasteiger partial charge in [0.1, 0.15) is 11.5 Å². The average Bonchev–Trinajstić information content (AvgIpc) is 2.81. The molecule has 0 fully saturated rings. The smallest absolute Gasteiger partial charge is 0.161 e. The van der Waals surface area contributed by atoms with E-state index in [4.69, 9.17) is 22.1 Å². The maximum atomic E-state index is 13.1. The summed E-state index contributed by atoms with van der Waals surface area (Å²) in [6.45, 7) is 2.78. The van der Waals surface area contributed by atoms with Gasteiger partial charge in [-0.3, -0.25) is 4.68 Å². The second-order valence-corrected chi connectivity index (χ2v) is 4.87. The third-order valence-electron chi connectivity index (χ3n) is 3.09. The Balaban J connectivity index is 2.46. The van der Waals surface area contributed by atoms with Gasteiger partial charge in [0, 0.05) is 11.6 Å². The fraction of sp³-hybridized carbons (Fsp3) is 0.357. The zero-order chi connectivity index (χ0) is 14.7. The highest BCUT2D eigenvalue weighted by Crippen LogP contribution is 2.32. The van der Waals surface area contributed by atoms with Crippen molar-refractivity contribution in [1.82, 2.24) is 9.78 Å². The standard InChI is InChI=1S/C14H17ClFN3O/c1-3-6-19-14(12(20-2)8-18-19)13(17)10-5-4-9(16)7-11(10)15/h4-5,7-8,13H,3,6,17H2,1-2H3. The number of aromatic nitrogens is 2. The van der Waals surface area contributed by atoms with Crippen molar-refractivity contribution in [3.8, 4) is 5.75 Å². The lowest BCUT2D eigenvalue weighted by molar-refractivity contribution is 0.404. The molecular formula is C14H17ClFN3O. The molecule has 2 N–H and O–H groups in total. The maximum absolute atomic E-state index is 13.1. The third-order valence-corrected chi connectivity index (χ3v) is 3.42. The fourth-order valence-corrected chi connectivity index (χ4v) is 2.42. The number of nitrogens with zero attached hydrogens (tertiary/aromatic N) is 2. The van der Waals surface area contributed by atoms with Crippen LogP contribution < -0.4 is 10.5 Å². The molecule has 1 heterocycles. The molecule has 1 atom stereocenters. The number of aryl methyl sites for hydroxylation is 1. The second kappa shape index (κ2) is 6.24. The predicted octanol–water partition coefficient (Wildman–Crippen LogP) is 3.14. The molecule has 1 unspecified atom stereocenters. The van der Waals surface area contributed by atoms with Crippen molar-refractivity contribution in [2.75, 3.05) is 7.11 Å². The van der Waals surface area contributed by atoms with Crippen LogP contribution in [0, 0.1) is 5.82 Å². The lowest BCUT2D eigenvalue weighted by Gasteiger charge is -2.17. The van der Waals surface area contributed by atoms with Crippen molar-refractivity contribution in [2.45, 2.75) is 25.9 Å². The lowest BCUT2D eigenvalue weighted by atomic mass is 10.0. The van der Waals surface area contributed by atoms with Crippen molar-refractivity contribution in [1.29, 1.82) is 0 Å². The largest absolute Gasteiger partial charge is 0.493 e. The van der Waals surface area contributed by atoms with E-state index < -0.39 is 6.04 Å². The summed E-state index contributed by atoms with van der Waals surface area (Å²) in [7, 11) is 1.57. The van der Waals surface area contributed by atoms with E-state index in [1.165, 1.54) is 12.1 Å². The predicted molar refractivity (Wildman–Crippen MR) is 76.5 cm³/mol. The Labute approximate surface area is 122 Å². The third kappa shape index (κ3) is 2.78. The van der Waals surface area contributed by atoms with Crippen molar-refractivity contribution in [3.05, 3.63) is 46.5 Å². The van der Waals surface area contributed by atoms with E-state index in [0.29, 0.717) is 16.3 Å². The molecule has 2 aromatic rings. The van der Waals surface area contributed by atoms with E-state index in [1.54, 1.807) is 24.1 Å². The highest BCUT2D eigenvalue weighted by Gasteiger charge is 2.22. The summed E-state index contributed by atoms with van der Waals surface area (Å²) >= 11 is 6.08. The minimum atomic E-state index is -0.521. The van der Waals surface area contributed by atoms with Gasteiger partial charge in [0.2, 0.25) is 0 Å². The number of ether oxygens (including phenoxy) is 1. The van der Waals surface area contributed by atoms with Crippen LogP contribution in [0.3, 0.4) is 0 Å². The van der Waals surface area contributed by atoms with Gasteiger partial charge in [-0.05, 0) is 24.1 Å². The topological polar surface area (TPSA) is 53.1 Å². The van der Waals surface area contributed by atoms with Crippen molar-refractivity contribution < 1.29 is 9.13 Å². The Morgan fingerprint density at radius 3 is 2.85 bits per heavy atom. The van der Waals surface area contributed by atoms with Gasteiger partial charge in [-0.25, -0.2) is 4.39 Å². The van der Waals surface area contributed by atoms with E-state index >= 15 is 0 Å². The zero-order valence-electron chi connectivity index (χ0n) is 11.4. The summed E-state index contributed by atoms with van der Waals surface area (Å²) in [5.41, 5.74) is 7.65. The highest BCUT2D eigenvalue weighted by molar-refractivity contribution is 6.31. The van der Waals surface area contributed by atoms with Crippen LogP contribution in [0.25, 0.3) is 0 Å². The molecule has 0 spiro atoms. The van der Waals surface area contributed by atoms with Gasteiger partial charge in [0.25, 0.3) is 0 Å². The highest BCUT2D eigenvalue weighted by atomic mass is 35.5. The quantitative estimate of drug-likeness (QED) is 0.922. The SMILES string of the molecule is CCCn1ncc(OC)c1C(N)c1ccc(F)cc1Cl. The van der Waals surface area contributed by atoms with E-state index in [-0.39, 0.29) is 5.82 Å². The van der Waals surface area contributed by atoms with Gasteiger partial charge in [0.05, 0.1) is 19.3 Å². The van der Waals surface area contributed by atoms with E-state index in [0.717, 1.165) is 18.7 Å². The number of hydrogen-bond donors (Lipinski definition) is 1. The Kier molecular flexibility index (Phi) is 4.62. The van der Waals surface area contributed by atoms with E-state index in [9.17, 15) is 4.39 Å². The molecule has 0 aliphatic carbocycles. The molecule has 0 aliphatic rings. The molecule has 0 radical (unpaired) electrons. The number of nitrogens with two attached hydrogens (primary N) is 1. The molecular weight excluding hydrogens is 281 g/mol. The first-order valence-corrected chi connectivity index (χ1v) is 6.76. The number of rotatable bonds is 5. The molecule has 4 nitrogen and oxygen atoms in total. The molecule has 0 saturated heterocycles. The first kappa shape index (κ1) is 14.8. The van der Waals surface area contributed by atoms with E-state index in [2.05, 4.69) is 5.10 Å². The fourth-order valence-electron chi connectivity index (χ4n) is 2.14. The molecule has 20 heavy (non-hydrogen) atoms. The molecule has 1 aromatic heterocycles. The van der Waals surface area contributed by atoms with Crippen LogP contribution in [0.15, 0.2) is 24.4 Å². The van der Waals surface area contributed by atoms with Crippen LogP contribution in [0.2, 0.25) is 5.02 Å². The van der Waals surface area contributed by atoms with Crippen molar-refractivity contribution in [2.24, 2.45) is 5.73 Å². The average molecular weight is 298 g/mol. The van der Waals surface area contributed by atoms with Crippen LogP contribution in [-0.2, 0) is 6.54 Å². The minimum absolute atomic E-state index is 0.295. The lowest BCUT2D eigenvalue weighted by Crippen LogP contribution is -2.19. The maximum Gasteiger partial charge on any atom is 0.161 e. The summed E-state index contributed by atoms with van der Waals surface area (Å²) in [5, 5.41) is 4.56. The normalized spacial score (nSPS) is 12.4. The van der Waals surface area contributed by atoms with Crippen LogP contribution in [-0.4, -0.2) is 16.9 Å². The Bertz CT molecular complexity index is 600. The first-order valence-electron chi connectivity index (χ1n) is 6.38. The van der Waals surface area contributed by atoms with Gasteiger partial charge >= 0.3 is 0 Å². The Morgan fingerprint density at radius 2 is 2.25 bits per heavy atom. The van der Waals surface area contributed by atoms with Crippen molar-refractivity contribution in [3.63, 3.8) is 0 Å². The van der Waals surface area contributed by atoms with Crippen LogP contribution in [0.1, 0.15) is 30.6 Å². The summed E-state index contributed by atoms with van der Waals surface area (Å²) in [4.78, 5) is 0. The second-order valence-electron chi connectivity index (χ2n) is 4.46. The van der Waals surface area contributed by atoms with Gasteiger partial charge in [-0.2, -0.15) is 5.10 Å². The van der Waals surface area contributed by atoms with Crippen molar-refractivity contribution >= 4 is 11.6 Å². The summed E-state index contributed by atoms with van der Waals surface area (Å²) < 4.78 is 20.2. The van der Waals surface area contributed by atoms with Gasteiger partial charge in [-0.1, -0.05) is 24.6 Å². The Hall–Kier alpha value is -1.59. The molecule has 6 heteroatoms. The van der Waals surface area contributed by atoms with Gasteiger partial charge in [0.15, 0.2) is 5.75 Å². The first-order chi connectivity index (χ1) is 9.58. The van der Waals surface area contributed by atoms with Crippen LogP contribution in [0.4, 0.5) is 4.39 Å². The number of benzene rings is 1. The van der Waals surface area contributed by atoms with Gasteiger partial charge in [-0.15, -0.1) is 0 Å². The number of methoxy groups -OCH3 is 1. The number of halogens is 2. The van der Waals surface area contributed by atoms with Gasteiger partial charge < -0.3 is 10.5 Å². The summed E-state index contributed by atoms with van der Waals surface area (Å²) in [6, 6.07) is 3.66. The zero-order valence-corrected chi connectivity index (χ0v) is 12.2. The van der Waals surface area contributed by atoms with E-state index in [1.807, 2.05) is 6.92 Å². The molecule has 0 saturated carbocycles. The molecule has 1 aromatic carbocycles. The molecule has 2 rings (SSSR count). The molecule has 0 amide bonds. The summed E-state index contributed by atoms with van der Waals surface area (Å²) in [6.07, 6.45) is 2.55.